The summed E-state index contributed by atoms with van der Waals surface area (Å²) in [7, 11) is 0. The lowest BCUT2D eigenvalue weighted by Crippen LogP contribution is -2.00. The van der Waals surface area contributed by atoms with Crippen molar-refractivity contribution in [2.45, 2.75) is 13.0 Å². The smallest absolute Gasteiger partial charge is 0.0587 e. The molecular formula is C9H11O. The first-order valence-electron chi connectivity index (χ1n) is 3.37. The van der Waals surface area contributed by atoms with Crippen molar-refractivity contribution < 1.29 is 5.11 Å². The number of aliphatic hydroxyl groups is 1. The number of aliphatic hydroxyl groups excluding tert-OH is 1. The van der Waals surface area contributed by atoms with Gasteiger partial charge in [-0.3, -0.25) is 0 Å². The van der Waals surface area contributed by atoms with E-state index in [1.807, 2.05) is 30.3 Å². The molecule has 1 atom stereocenters. The maximum Gasteiger partial charge on any atom is 0.0587 e. The van der Waals surface area contributed by atoms with Crippen LogP contribution in [0.15, 0.2) is 30.3 Å². The molecule has 53 valence electrons. The first-order valence-corrected chi connectivity index (χ1v) is 3.37. The van der Waals surface area contributed by atoms with Crippen molar-refractivity contribution in [3.8, 4) is 0 Å². The van der Waals surface area contributed by atoms with Crippen LogP contribution in [0.4, 0.5) is 0 Å². The summed E-state index contributed by atoms with van der Waals surface area (Å²) < 4.78 is 0. The van der Waals surface area contributed by atoms with Crippen LogP contribution < -0.4 is 0 Å². The molecule has 1 radical (unpaired) electrons. The van der Waals surface area contributed by atoms with Crippen LogP contribution in [0.3, 0.4) is 0 Å². The van der Waals surface area contributed by atoms with Gasteiger partial charge in [0.25, 0.3) is 0 Å². The van der Waals surface area contributed by atoms with E-state index < -0.39 is 0 Å². The largest absolute Gasteiger partial charge is 0.393 e. The van der Waals surface area contributed by atoms with Crippen molar-refractivity contribution >= 4 is 0 Å². The van der Waals surface area contributed by atoms with Gasteiger partial charge in [0.1, 0.15) is 0 Å². The summed E-state index contributed by atoms with van der Waals surface area (Å²) >= 11 is 0. The van der Waals surface area contributed by atoms with E-state index in [1.54, 1.807) is 13.3 Å². The fraction of sp³-hybridized carbons (Fsp3) is 0.222. The Balaban J connectivity index is 2.59. The Morgan fingerprint density at radius 2 is 1.90 bits per heavy atom. The van der Waals surface area contributed by atoms with Gasteiger partial charge in [-0.25, -0.2) is 0 Å². The van der Waals surface area contributed by atoms with Gasteiger partial charge in [0.2, 0.25) is 0 Å². The quantitative estimate of drug-likeness (QED) is 0.653. The molecule has 0 spiro atoms. The molecule has 0 fully saturated rings. The Bertz CT molecular complexity index is 179. The molecule has 0 unspecified atom stereocenters. The van der Waals surface area contributed by atoms with E-state index in [4.69, 9.17) is 5.11 Å². The molecule has 0 aliphatic carbocycles. The predicted octanol–water partition coefficient (Wildman–Crippen LogP) is 1.62. The van der Waals surface area contributed by atoms with E-state index in [0.29, 0.717) is 0 Å². The number of hydrogen-bond donors (Lipinski definition) is 1. The molecule has 0 saturated carbocycles. The molecule has 0 aromatic heterocycles. The highest BCUT2D eigenvalue weighted by atomic mass is 16.3. The van der Waals surface area contributed by atoms with E-state index in [9.17, 15) is 0 Å². The van der Waals surface area contributed by atoms with Crippen LogP contribution in [0.25, 0.3) is 0 Å². The molecule has 1 N–H and O–H groups in total. The van der Waals surface area contributed by atoms with Gasteiger partial charge in [-0.1, -0.05) is 30.3 Å². The zero-order chi connectivity index (χ0) is 7.40. The highest BCUT2D eigenvalue weighted by Crippen LogP contribution is 2.03. The summed E-state index contributed by atoms with van der Waals surface area (Å²) in [5.41, 5.74) is 1.07. The maximum absolute atomic E-state index is 8.95. The monoisotopic (exact) mass is 135 g/mol. The standard InChI is InChI=1S/C9H11O/c1-8(10)7-9-5-3-2-4-6-9/h2-8,10H,1H3/t8-/m0/s1. The molecule has 0 saturated heterocycles. The molecule has 1 rings (SSSR count). The zero-order valence-corrected chi connectivity index (χ0v) is 5.99. The molecule has 1 aromatic carbocycles. The molecule has 1 heteroatoms. The second-order valence-electron chi connectivity index (χ2n) is 2.32. The van der Waals surface area contributed by atoms with Gasteiger partial charge in [-0.2, -0.15) is 0 Å². The topological polar surface area (TPSA) is 20.2 Å². The van der Waals surface area contributed by atoms with Crippen molar-refractivity contribution in [2.24, 2.45) is 0 Å². The van der Waals surface area contributed by atoms with Crippen LogP contribution in [-0.4, -0.2) is 11.2 Å². The molecule has 0 amide bonds. The minimum Gasteiger partial charge on any atom is -0.393 e. The highest BCUT2D eigenvalue weighted by Gasteiger charge is 1.96. The predicted molar refractivity (Wildman–Crippen MR) is 41.5 cm³/mol. The van der Waals surface area contributed by atoms with Gasteiger partial charge < -0.3 is 5.11 Å². The second-order valence-corrected chi connectivity index (χ2v) is 2.32. The van der Waals surface area contributed by atoms with Gasteiger partial charge in [0.15, 0.2) is 0 Å². The lowest BCUT2D eigenvalue weighted by atomic mass is 10.1. The lowest BCUT2D eigenvalue weighted by Gasteiger charge is -2.01. The van der Waals surface area contributed by atoms with Crippen molar-refractivity contribution in [3.63, 3.8) is 0 Å². The van der Waals surface area contributed by atoms with E-state index >= 15 is 0 Å². The van der Waals surface area contributed by atoms with E-state index in [0.717, 1.165) is 5.56 Å². The molecule has 0 aliphatic heterocycles. The Hall–Kier alpha value is -0.820. The first kappa shape index (κ1) is 7.29. The molecule has 0 aliphatic rings. The molecule has 0 heterocycles. The van der Waals surface area contributed by atoms with Crippen LogP contribution >= 0.6 is 0 Å². The Labute approximate surface area is 61.3 Å². The Morgan fingerprint density at radius 1 is 1.30 bits per heavy atom. The van der Waals surface area contributed by atoms with Gasteiger partial charge in [-0.15, -0.1) is 0 Å². The second kappa shape index (κ2) is 3.37. The lowest BCUT2D eigenvalue weighted by molar-refractivity contribution is 0.231. The fourth-order valence-electron chi connectivity index (χ4n) is 0.843. The third-order valence-electron chi connectivity index (χ3n) is 1.23. The minimum absolute atomic E-state index is 0.359. The molecule has 10 heavy (non-hydrogen) atoms. The van der Waals surface area contributed by atoms with Crippen LogP contribution in [0.5, 0.6) is 0 Å². The molecule has 1 aromatic rings. The third-order valence-corrected chi connectivity index (χ3v) is 1.23. The summed E-state index contributed by atoms with van der Waals surface area (Å²) in [4.78, 5) is 0. The van der Waals surface area contributed by atoms with E-state index in [-0.39, 0.29) is 6.10 Å². The Morgan fingerprint density at radius 3 is 2.40 bits per heavy atom. The van der Waals surface area contributed by atoms with Gasteiger partial charge in [0, 0.05) is 6.42 Å². The SMILES string of the molecule is C[C@H](O)[CH]c1ccccc1. The number of rotatable bonds is 2. The zero-order valence-electron chi connectivity index (χ0n) is 5.99. The molecule has 1 nitrogen and oxygen atoms in total. The van der Waals surface area contributed by atoms with Crippen LogP contribution in [0.1, 0.15) is 12.5 Å². The van der Waals surface area contributed by atoms with Crippen molar-refractivity contribution in [1.29, 1.82) is 0 Å². The average Bonchev–Trinajstić information content (AvgIpc) is 1.88. The van der Waals surface area contributed by atoms with Gasteiger partial charge >= 0.3 is 0 Å². The normalized spacial score (nSPS) is 13.0. The van der Waals surface area contributed by atoms with Gasteiger partial charge in [-0.05, 0) is 12.5 Å². The van der Waals surface area contributed by atoms with Crippen molar-refractivity contribution in [2.75, 3.05) is 0 Å². The van der Waals surface area contributed by atoms with E-state index in [2.05, 4.69) is 0 Å². The van der Waals surface area contributed by atoms with E-state index in [1.165, 1.54) is 0 Å². The summed E-state index contributed by atoms with van der Waals surface area (Å²) in [5, 5.41) is 8.95. The summed E-state index contributed by atoms with van der Waals surface area (Å²) in [6.45, 7) is 1.74. The van der Waals surface area contributed by atoms with Crippen LogP contribution in [0, 0.1) is 6.42 Å². The molecule has 0 bridgehead atoms. The van der Waals surface area contributed by atoms with Crippen LogP contribution in [-0.2, 0) is 0 Å². The summed E-state index contributed by atoms with van der Waals surface area (Å²) in [6.07, 6.45) is 1.45. The summed E-state index contributed by atoms with van der Waals surface area (Å²) in [6, 6.07) is 9.79. The summed E-state index contributed by atoms with van der Waals surface area (Å²) in [5.74, 6) is 0. The number of hydrogen-bond acceptors (Lipinski definition) is 1. The maximum atomic E-state index is 8.95. The molecular weight excluding hydrogens is 124 g/mol. The number of benzene rings is 1. The minimum atomic E-state index is -0.359. The fourth-order valence-corrected chi connectivity index (χ4v) is 0.843. The first-order chi connectivity index (χ1) is 4.79. The average molecular weight is 135 g/mol. The van der Waals surface area contributed by atoms with Crippen molar-refractivity contribution in [3.05, 3.63) is 42.3 Å². The van der Waals surface area contributed by atoms with Crippen molar-refractivity contribution in [1.82, 2.24) is 0 Å². The van der Waals surface area contributed by atoms with Crippen LogP contribution in [0.2, 0.25) is 0 Å². The highest BCUT2D eigenvalue weighted by molar-refractivity contribution is 5.23. The Kier molecular flexibility index (Phi) is 2.46. The third kappa shape index (κ3) is 2.19. The van der Waals surface area contributed by atoms with Gasteiger partial charge in [0.05, 0.1) is 6.10 Å².